The molecule has 2 rings (SSSR count). The van der Waals surface area contributed by atoms with E-state index in [-0.39, 0.29) is 5.82 Å². The lowest BCUT2D eigenvalue weighted by Gasteiger charge is -2.11. The number of furan rings is 1. The number of rotatable bonds is 3. The molecule has 90 valence electrons. The van der Waals surface area contributed by atoms with Crippen LogP contribution < -0.4 is 4.74 Å². The molecule has 0 bridgehead atoms. The molecule has 0 saturated heterocycles. The zero-order valence-corrected chi connectivity index (χ0v) is 10.3. The SMILES string of the molecule is COc1ccc(C(Cl)c2ccoc2C)c(F)c1. The van der Waals surface area contributed by atoms with E-state index in [4.69, 9.17) is 20.8 Å². The summed E-state index contributed by atoms with van der Waals surface area (Å²) in [6.07, 6.45) is 1.54. The van der Waals surface area contributed by atoms with Crippen molar-refractivity contribution in [2.24, 2.45) is 0 Å². The molecule has 0 aliphatic heterocycles. The molecule has 0 saturated carbocycles. The Labute approximate surface area is 104 Å². The fourth-order valence-corrected chi connectivity index (χ4v) is 2.07. The van der Waals surface area contributed by atoms with Crippen LogP contribution in [-0.4, -0.2) is 7.11 Å². The second-order valence-electron chi connectivity index (χ2n) is 3.68. The topological polar surface area (TPSA) is 22.4 Å². The molecule has 1 heterocycles. The van der Waals surface area contributed by atoms with E-state index >= 15 is 0 Å². The van der Waals surface area contributed by atoms with Crippen LogP contribution in [0.15, 0.2) is 34.9 Å². The number of ether oxygens (including phenoxy) is 1. The van der Waals surface area contributed by atoms with Crippen LogP contribution in [0.4, 0.5) is 4.39 Å². The van der Waals surface area contributed by atoms with Gasteiger partial charge in [-0.15, -0.1) is 11.6 Å². The van der Waals surface area contributed by atoms with Gasteiger partial charge in [0.1, 0.15) is 17.3 Å². The van der Waals surface area contributed by atoms with Gasteiger partial charge < -0.3 is 9.15 Å². The first kappa shape index (κ1) is 12.0. The van der Waals surface area contributed by atoms with Crippen molar-refractivity contribution in [2.45, 2.75) is 12.3 Å². The lowest BCUT2D eigenvalue weighted by molar-refractivity contribution is 0.410. The third-order valence-electron chi connectivity index (χ3n) is 2.65. The summed E-state index contributed by atoms with van der Waals surface area (Å²) in [7, 11) is 1.49. The van der Waals surface area contributed by atoms with Crippen molar-refractivity contribution in [1.29, 1.82) is 0 Å². The van der Waals surface area contributed by atoms with Crippen LogP contribution in [0, 0.1) is 12.7 Å². The normalized spacial score (nSPS) is 12.5. The molecule has 17 heavy (non-hydrogen) atoms. The van der Waals surface area contributed by atoms with Crippen LogP contribution in [-0.2, 0) is 0 Å². The Hall–Kier alpha value is -1.48. The molecule has 0 fully saturated rings. The minimum absolute atomic E-state index is 0.384. The van der Waals surface area contributed by atoms with Crippen LogP contribution in [0.5, 0.6) is 5.75 Å². The highest BCUT2D eigenvalue weighted by atomic mass is 35.5. The minimum atomic E-state index is -0.556. The number of hydrogen-bond acceptors (Lipinski definition) is 2. The van der Waals surface area contributed by atoms with Crippen molar-refractivity contribution in [3.05, 3.63) is 53.2 Å². The van der Waals surface area contributed by atoms with Crippen molar-refractivity contribution in [2.75, 3.05) is 7.11 Å². The molecule has 4 heteroatoms. The Morgan fingerprint density at radius 3 is 2.59 bits per heavy atom. The third kappa shape index (κ3) is 2.29. The first-order chi connectivity index (χ1) is 8.13. The molecular formula is C13H12ClFO2. The first-order valence-corrected chi connectivity index (χ1v) is 5.58. The predicted molar refractivity (Wildman–Crippen MR) is 64.1 cm³/mol. The molecule has 0 N–H and O–H groups in total. The van der Waals surface area contributed by atoms with Gasteiger partial charge in [0.05, 0.1) is 18.8 Å². The Kier molecular flexibility index (Phi) is 3.38. The molecule has 2 nitrogen and oxygen atoms in total. The highest BCUT2D eigenvalue weighted by Gasteiger charge is 2.19. The molecule has 0 aliphatic carbocycles. The first-order valence-electron chi connectivity index (χ1n) is 5.15. The van der Waals surface area contributed by atoms with E-state index in [0.29, 0.717) is 17.1 Å². The molecule has 1 aromatic heterocycles. The maximum atomic E-state index is 13.8. The second kappa shape index (κ2) is 4.80. The summed E-state index contributed by atoms with van der Waals surface area (Å²) in [6, 6.07) is 6.37. The lowest BCUT2D eigenvalue weighted by atomic mass is 10.0. The summed E-state index contributed by atoms with van der Waals surface area (Å²) >= 11 is 6.24. The Morgan fingerprint density at radius 2 is 2.06 bits per heavy atom. The molecule has 1 unspecified atom stereocenters. The number of halogens is 2. The largest absolute Gasteiger partial charge is 0.497 e. The molecule has 0 spiro atoms. The van der Waals surface area contributed by atoms with Gasteiger partial charge in [-0.05, 0) is 19.1 Å². The maximum absolute atomic E-state index is 13.8. The number of methoxy groups -OCH3 is 1. The second-order valence-corrected chi connectivity index (χ2v) is 4.12. The lowest BCUT2D eigenvalue weighted by Crippen LogP contribution is -1.98. The van der Waals surface area contributed by atoms with Crippen molar-refractivity contribution in [3.8, 4) is 5.75 Å². The van der Waals surface area contributed by atoms with Crippen molar-refractivity contribution < 1.29 is 13.5 Å². The minimum Gasteiger partial charge on any atom is -0.497 e. The number of benzene rings is 1. The Balaban J connectivity index is 2.38. The zero-order valence-electron chi connectivity index (χ0n) is 9.54. The van der Waals surface area contributed by atoms with Gasteiger partial charge in [0.15, 0.2) is 0 Å². The standard InChI is InChI=1S/C13H12ClFO2/c1-8-10(5-6-17-8)13(14)11-4-3-9(16-2)7-12(11)15/h3-7,13H,1-2H3. The van der Waals surface area contributed by atoms with Crippen molar-refractivity contribution in [1.82, 2.24) is 0 Å². The monoisotopic (exact) mass is 254 g/mol. The van der Waals surface area contributed by atoms with E-state index in [1.165, 1.54) is 13.2 Å². The quantitative estimate of drug-likeness (QED) is 0.771. The van der Waals surface area contributed by atoms with Crippen molar-refractivity contribution in [3.63, 3.8) is 0 Å². The van der Waals surface area contributed by atoms with Gasteiger partial charge >= 0.3 is 0 Å². The van der Waals surface area contributed by atoms with E-state index in [1.54, 1.807) is 31.4 Å². The average molecular weight is 255 g/mol. The van der Waals surface area contributed by atoms with E-state index in [1.807, 2.05) is 0 Å². The summed E-state index contributed by atoms with van der Waals surface area (Å²) in [4.78, 5) is 0. The molecule has 1 aromatic carbocycles. The van der Waals surface area contributed by atoms with E-state index in [9.17, 15) is 4.39 Å². The third-order valence-corrected chi connectivity index (χ3v) is 3.12. The molecule has 1 atom stereocenters. The van der Waals surface area contributed by atoms with Gasteiger partial charge in [-0.1, -0.05) is 6.07 Å². The fraction of sp³-hybridized carbons (Fsp3) is 0.231. The highest BCUT2D eigenvalue weighted by molar-refractivity contribution is 6.22. The number of alkyl halides is 1. The summed E-state index contributed by atoms with van der Waals surface area (Å²) < 4.78 is 23.9. The van der Waals surface area contributed by atoms with Crippen LogP contribution in [0.2, 0.25) is 0 Å². The molecule has 0 amide bonds. The van der Waals surface area contributed by atoms with Crippen LogP contribution in [0.1, 0.15) is 22.3 Å². The van der Waals surface area contributed by atoms with Gasteiger partial charge in [-0.3, -0.25) is 0 Å². The van der Waals surface area contributed by atoms with Gasteiger partial charge in [0, 0.05) is 17.2 Å². The van der Waals surface area contributed by atoms with Crippen molar-refractivity contribution >= 4 is 11.6 Å². The molecule has 2 aromatic rings. The van der Waals surface area contributed by atoms with E-state index < -0.39 is 5.38 Å². The number of hydrogen-bond donors (Lipinski definition) is 0. The summed E-state index contributed by atoms with van der Waals surface area (Å²) in [5.74, 6) is 0.782. The smallest absolute Gasteiger partial charge is 0.131 e. The Bertz CT molecular complexity index is 522. The molecule has 0 radical (unpaired) electrons. The van der Waals surface area contributed by atoms with Crippen LogP contribution in [0.3, 0.4) is 0 Å². The number of aryl methyl sites for hydroxylation is 1. The van der Waals surface area contributed by atoms with Gasteiger partial charge in [-0.2, -0.15) is 0 Å². The van der Waals surface area contributed by atoms with E-state index in [0.717, 1.165) is 5.56 Å². The summed E-state index contributed by atoms with van der Waals surface area (Å²) in [6.45, 7) is 1.80. The average Bonchev–Trinajstić information content (AvgIpc) is 2.74. The fourth-order valence-electron chi connectivity index (χ4n) is 1.67. The van der Waals surface area contributed by atoms with Gasteiger partial charge in [0.25, 0.3) is 0 Å². The zero-order chi connectivity index (χ0) is 12.4. The van der Waals surface area contributed by atoms with Crippen LogP contribution >= 0.6 is 11.6 Å². The summed E-state index contributed by atoms with van der Waals surface area (Å²) in [5, 5.41) is -0.556. The Morgan fingerprint density at radius 1 is 1.29 bits per heavy atom. The van der Waals surface area contributed by atoms with Gasteiger partial charge in [-0.25, -0.2) is 4.39 Å². The molecule has 0 aliphatic rings. The summed E-state index contributed by atoms with van der Waals surface area (Å²) in [5.41, 5.74) is 1.19. The van der Waals surface area contributed by atoms with E-state index in [2.05, 4.69) is 0 Å². The maximum Gasteiger partial charge on any atom is 0.131 e. The van der Waals surface area contributed by atoms with Crippen LogP contribution in [0.25, 0.3) is 0 Å². The molecular weight excluding hydrogens is 243 g/mol. The predicted octanol–water partition coefficient (Wildman–Crippen LogP) is 4.06. The highest BCUT2D eigenvalue weighted by Crippen LogP contribution is 2.34. The van der Waals surface area contributed by atoms with Gasteiger partial charge in [0.2, 0.25) is 0 Å².